The average molecular weight is 273 g/mol. The number of nitrogens with two attached hydrogens (primary N) is 1. The van der Waals surface area contributed by atoms with Gasteiger partial charge in [-0.1, -0.05) is 20.3 Å². The molecule has 0 aliphatic carbocycles. The van der Waals surface area contributed by atoms with E-state index in [-0.39, 0.29) is 0 Å². The average Bonchev–Trinajstić information content (AvgIpc) is 2.17. The van der Waals surface area contributed by atoms with E-state index in [0.717, 1.165) is 4.47 Å². The molecule has 3 nitrogen and oxygen atoms in total. The van der Waals surface area contributed by atoms with Crippen molar-refractivity contribution in [3.05, 3.63) is 16.7 Å². The summed E-state index contributed by atoms with van der Waals surface area (Å²) in [7, 11) is 0. The minimum Gasteiger partial charge on any atom is -0.477 e. The van der Waals surface area contributed by atoms with Crippen LogP contribution in [0.5, 0.6) is 5.88 Å². The Bertz CT molecular complexity index is 317. The summed E-state index contributed by atoms with van der Waals surface area (Å²) in [6.07, 6.45) is 3.96. The van der Waals surface area contributed by atoms with Gasteiger partial charge in [-0.15, -0.1) is 0 Å². The molecule has 0 fully saturated rings. The maximum Gasteiger partial charge on any atom is 0.228 e. The van der Waals surface area contributed by atoms with Crippen molar-refractivity contribution < 1.29 is 4.74 Å². The molecule has 84 valence electrons. The van der Waals surface area contributed by atoms with Gasteiger partial charge in [0, 0.05) is 0 Å². The summed E-state index contributed by atoms with van der Waals surface area (Å²) >= 11 is 3.37. The Morgan fingerprint density at radius 1 is 1.60 bits per heavy atom. The number of nitrogen functional groups attached to an aromatic ring is 1. The van der Waals surface area contributed by atoms with E-state index in [2.05, 4.69) is 34.8 Å². The number of hydrogen-bond acceptors (Lipinski definition) is 3. The van der Waals surface area contributed by atoms with Crippen molar-refractivity contribution in [2.75, 3.05) is 12.3 Å². The first-order chi connectivity index (χ1) is 7.13. The lowest BCUT2D eigenvalue weighted by Gasteiger charge is -2.12. The van der Waals surface area contributed by atoms with Crippen molar-refractivity contribution in [1.29, 1.82) is 0 Å². The molecule has 1 atom stereocenters. The van der Waals surface area contributed by atoms with E-state index in [1.54, 1.807) is 12.3 Å². The molecule has 1 heterocycles. The summed E-state index contributed by atoms with van der Waals surface area (Å²) < 4.78 is 6.40. The molecule has 0 amide bonds. The molecule has 1 aromatic heterocycles. The van der Waals surface area contributed by atoms with Crippen LogP contribution in [0, 0.1) is 5.92 Å². The summed E-state index contributed by atoms with van der Waals surface area (Å²) in [5.74, 6) is 1.17. The summed E-state index contributed by atoms with van der Waals surface area (Å²) in [6, 6.07) is 1.80. The third-order valence-electron chi connectivity index (χ3n) is 2.11. The van der Waals surface area contributed by atoms with E-state index in [0.29, 0.717) is 24.1 Å². The summed E-state index contributed by atoms with van der Waals surface area (Å²) in [4.78, 5) is 4.12. The van der Waals surface area contributed by atoms with Crippen molar-refractivity contribution in [3.63, 3.8) is 0 Å². The SMILES string of the molecule is CCCC(C)COc1ncc(N)cc1Br. The molecule has 1 unspecified atom stereocenters. The zero-order valence-electron chi connectivity index (χ0n) is 9.16. The summed E-state index contributed by atoms with van der Waals surface area (Å²) in [5.41, 5.74) is 6.22. The van der Waals surface area contributed by atoms with E-state index < -0.39 is 0 Å². The molecular weight excluding hydrogens is 256 g/mol. The maximum atomic E-state index is 5.59. The second-order valence-corrected chi connectivity index (χ2v) is 4.61. The van der Waals surface area contributed by atoms with Crippen LogP contribution in [0.25, 0.3) is 0 Å². The first-order valence-electron chi connectivity index (χ1n) is 5.17. The molecule has 0 saturated carbocycles. The van der Waals surface area contributed by atoms with Crippen molar-refractivity contribution >= 4 is 21.6 Å². The lowest BCUT2D eigenvalue weighted by Crippen LogP contribution is -2.09. The molecule has 0 saturated heterocycles. The van der Waals surface area contributed by atoms with E-state index in [9.17, 15) is 0 Å². The standard InChI is InChI=1S/C11H17BrN2O/c1-3-4-8(2)7-15-11-10(12)5-9(13)6-14-11/h5-6,8H,3-4,7,13H2,1-2H3. The van der Waals surface area contributed by atoms with Crippen LogP contribution < -0.4 is 10.5 Å². The number of hydrogen-bond donors (Lipinski definition) is 1. The molecule has 0 spiro atoms. The molecule has 0 aliphatic rings. The van der Waals surface area contributed by atoms with Gasteiger partial charge in [0.1, 0.15) is 0 Å². The Balaban J connectivity index is 2.50. The van der Waals surface area contributed by atoms with E-state index in [1.807, 2.05) is 0 Å². The number of rotatable bonds is 5. The van der Waals surface area contributed by atoms with E-state index >= 15 is 0 Å². The molecule has 2 N–H and O–H groups in total. The van der Waals surface area contributed by atoms with Crippen LogP contribution in [0.2, 0.25) is 0 Å². The normalized spacial score (nSPS) is 12.5. The molecule has 0 aromatic carbocycles. The molecule has 0 radical (unpaired) electrons. The summed E-state index contributed by atoms with van der Waals surface area (Å²) in [5, 5.41) is 0. The fourth-order valence-corrected chi connectivity index (χ4v) is 1.82. The zero-order valence-corrected chi connectivity index (χ0v) is 10.8. The van der Waals surface area contributed by atoms with Crippen LogP contribution in [0.3, 0.4) is 0 Å². The van der Waals surface area contributed by atoms with Gasteiger partial charge in [0.15, 0.2) is 0 Å². The predicted molar refractivity (Wildman–Crippen MR) is 65.9 cm³/mol. The molecule has 1 rings (SSSR count). The third kappa shape index (κ3) is 4.08. The van der Waals surface area contributed by atoms with Gasteiger partial charge in [0.25, 0.3) is 0 Å². The first-order valence-corrected chi connectivity index (χ1v) is 5.96. The zero-order chi connectivity index (χ0) is 11.3. The highest BCUT2D eigenvalue weighted by Crippen LogP contribution is 2.24. The van der Waals surface area contributed by atoms with Gasteiger partial charge in [0.05, 0.1) is 23.0 Å². The lowest BCUT2D eigenvalue weighted by atomic mass is 10.1. The van der Waals surface area contributed by atoms with Gasteiger partial charge >= 0.3 is 0 Å². The third-order valence-corrected chi connectivity index (χ3v) is 2.68. The highest BCUT2D eigenvalue weighted by molar-refractivity contribution is 9.10. The maximum absolute atomic E-state index is 5.59. The monoisotopic (exact) mass is 272 g/mol. The second-order valence-electron chi connectivity index (χ2n) is 3.76. The van der Waals surface area contributed by atoms with Crippen LogP contribution in [0.4, 0.5) is 5.69 Å². The van der Waals surface area contributed by atoms with Crippen LogP contribution in [0.1, 0.15) is 26.7 Å². The molecule has 0 bridgehead atoms. The van der Waals surface area contributed by atoms with Crippen molar-refractivity contribution in [2.45, 2.75) is 26.7 Å². The highest BCUT2D eigenvalue weighted by Gasteiger charge is 2.06. The Morgan fingerprint density at radius 3 is 2.93 bits per heavy atom. The van der Waals surface area contributed by atoms with Crippen molar-refractivity contribution in [3.8, 4) is 5.88 Å². The van der Waals surface area contributed by atoms with Crippen LogP contribution in [0.15, 0.2) is 16.7 Å². The van der Waals surface area contributed by atoms with Gasteiger partial charge in [-0.2, -0.15) is 0 Å². The number of ether oxygens (including phenoxy) is 1. The quantitative estimate of drug-likeness (QED) is 0.895. The highest BCUT2D eigenvalue weighted by atomic mass is 79.9. The lowest BCUT2D eigenvalue weighted by molar-refractivity contribution is 0.241. The number of pyridine rings is 1. The van der Waals surface area contributed by atoms with Crippen LogP contribution >= 0.6 is 15.9 Å². The fraction of sp³-hybridized carbons (Fsp3) is 0.545. The van der Waals surface area contributed by atoms with Crippen molar-refractivity contribution in [2.24, 2.45) is 5.92 Å². The Hall–Kier alpha value is -0.770. The second kappa shape index (κ2) is 5.95. The number of halogens is 1. The Kier molecular flexibility index (Phi) is 4.88. The molecule has 0 aliphatic heterocycles. The Morgan fingerprint density at radius 2 is 2.33 bits per heavy atom. The number of anilines is 1. The van der Waals surface area contributed by atoms with Crippen molar-refractivity contribution in [1.82, 2.24) is 4.98 Å². The minimum absolute atomic E-state index is 0.557. The predicted octanol–water partition coefficient (Wildman–Crippen LogP) is 3.24. The number of aromatic nitrogens is 1. The topological polar surface area (TPSA) is 48.1 Å². The molecule has 4 heteroatoms. The minimum atomic E-state index is 0.557. The van der Waals surface area contributed by atoms with Gasteiger partial charge < -0.3 is 10.5 Å². The molecule has 1 aromatic rings. The first kappa shape index (κ1) is 12.3. The van der Waals surface area contributed by atoms with E-state index in [4.69, 9.17) is 10.5 Å². The smallest absolute Gasteiger partial charge is 0.228 e. The largest absolute Gasteiger partial charge is 0.477 e. The van der Waals surface area contributed by atoms with Gasteiger partial charge in [0.2, 0.25) is 5.88 Å². The van der Waals surface area contributed by atoms with Gasteiger partial charge in [-0.25, -0.2) is 4.98 Å². The van der Waals surface area contributed by atoms with Gasteiger partial charge in [-0.3, -0.25) is 0 Å². The van der Waals surface area contributed by atoms with Crippen LogP contribution in [-0.4, -0.2) is 11.6 Å². The Labute approximate surface area is 99.2 Å². The number of nitrogens with zero attached hydrogens (tertiary/aromatic N) is 1. The molecular formula is C11H17BrN2O. The van der Waals surface area contributed by atoms with Gasteiger partial charge in [-0.05, 0) is 34.3 Å². The summed E-state index contributed by atoms with van der Waals surface area (Å²) in [6.45, 7) is 5.05. The van der Waals surface area contributed by atoms with Crippen LogP contribution in [-0.2, 0) is 0 Å². The fourth-order valence-electron chi connectivity index (χ4n) is 1.34. The molecule has 15 heavy (non-hydrogen) atoms. The van der Waals surface area contributed by atoms with E-state index in [1.165, 1.54) is 12.8 Å².